The van der Waals surface area contributed by atoms with Crippen molar-refractivity contribution in [3.63, 3.8) is 0 Å². The number of aromatic nitrogens is 3. The van der Waals surface area contributed by atoms with Crippen LogP contribution in [0.15, 0.2) is 28.8 Å². The van der Waals surface area contributed by atoms with Gasteiger partial charge in [-0.15, -0.1) is 0 Å². The highest BCUT2D eigenvalue weighted by atomic mass is 16.5. The SMILES string of the molecule is Cc1cc(NC(=O)c2nc(C(=O)Nc3cccc(C)c3C)n3c2CCCC3)no1. The molecule has 3 aromatic rings. The average molecular weight is 393 g/mol. The van der Waals surface area contributed by atoms with E-state index in [0.29, 0.717) is 24.5 Å². The van der Waals surface area contributed by atoms with Crippen molar-refractivity contribution >= 4 is 23.3 Å². The van der Waals surface area contributed by atoms with Crippen LogP contribution in [0, 0.1) is 20.8 Å². The molecule has 0 saturated carbocycles. The second-order valence-corrected chi connectivity index (χ2v) is 7.32. The third-order valence-corrected chi connectivity index (χ3v) is 5.26. The summed E-state index contributed by atoms with van der Waals surface area (Å²) in [6, 6.07) is 7.39. The lowest BCUT2D eigenvalue weighted by Crippen LogP contribution is -2.21. The van der Waals surface area contributed by atoms with E-state index in [0.717, 1.165) is 35.3 Å². The number of hydrogen-bond acceptors (Lipinski definition) is 5. The van der Waals surface area contributed by atoms with Crippen LogP contribution in [-0.4, -0.2) is 26.5 Å². The Hall–Kier alpha value is -3.42. The molecule has 0 bridgehead atoms. The third-order valence-electron chi connectivity index (χ3n) is 5.26. The minimum atomic E-state index is -0.394. The quantitative estimate of drug-likeness (QED) is 0.705. The maximum absolute atomic E-state index is 13.0. The molecule has 0 saturated heterocycles. The Kier molecular flexibility index (Phi) is 4.92. The van der Waals surface area contributed by atoms with Gasteiger partial charge in [0, 0.05) is 18.3 Å². The first-order chi connectivity index (χ1) is 13.9. The zero-order valence-electron chi connectivity index (χ0n) is 16.7. The first-order valence-electron chi connectivity index (χ1n) is 9.65. The number of nitrogens with zero attached hydrogens (tertiary/aromatic N) is 3. The molecule has 2 aromatic heterocycles. The van der Waals surface area contributed by atoms with Crippen LogP contribution in [0.2, 0.25) is 0 Å². The molecule has 0 radical (unpaired) electrons. The first kappa shape index (κ1) is 18.9. The molecule has 0 unspecified atom stereocenters. The number of fused-ring (bicyclic) bond motifs is 1. The molecule has 0 fully saturated rings. The number of hydrogen-bond donors (Lipinski definition) is 2. The largest absolute Gasteiger partial charge is 0.360 e. The van der Waals surface area contributed by atoms with Gasteiger partial charge in [0.15, 0.2) is 17.3 Å². The fraction of sp³-hybridized carbons (Fsp3) is 0.333. The third kappa shape index (κ3) is 3.65. The van der Waals surface area contributed by atoms with Crippen molar-refractivity contribution in [3.8, 4) is 0 Å². The Morgan fingerprint density at radius 2 is 1.93 bits per heavy atom. The predicted octanol–water partition coefficient (Wildman–Crippen LogP) is 3.64. The number of carbonyl (C=O) groups excluding carboxylic acids is 2. The Bertz CT molecular complexity index is 1100. The Morgan fingerprint density at radius 3 is 2.69 bits per heavy atom. The number of imidazole rings is 1. The zero-order chi connectivity index (χ0) is 20.5. The zero-order valence-corrected chi connectivity index (χ0v) is 16.7. The Balaban J connectivity index is 1.64. The summed E-state index contributed by atoms with van der Waals surface area (Å²) in [6.07, 6.45) is 2.59. The summed E-state index contributed by atoms with van der Waals surface area (Å²) >= 11 is 0. The van der Waals surface area contributed by atoms with E-state index in [1.165, 1.54) is 0 Å². The van der Waals surface area contributed by atoms with Gasteiger partial charge in [0.25, 0.3) is 11.8 Å². The molecule has 29 heavy (non-hydrogen) atoms. The van der Waals surface area contributed by atoms with E-state index in [1.54, 1.807) is 13.0 Å². The van der Waals surface area contributed by atoms with Crippen molar-refractivity contribution in [1.82, 2.24) is 14.7 Å². The van der Waals surface area contributed by atoms with Crippen LogP contribution in [0.25, 0.3) is 0 Å². The average Bonchev–Trinajstić information content (AvgIpc) is 3.29. The predicted molar refractivity (Wildman–Crippen MR) is 108 cm³/mol. The molecule has 2 amide bonds. The summed E-state index contributed by atoms with van der Waals surface area (Å²) in [6.45, 7) is 6.37. The Morgan fingerprint density at radius 1 is 1.10 bits per heavy atom. The van der Waals surface area contributed by atoms with Crippen LogP contribution >= 0.6 is 0 Å². The van der Waals surface area contributed by atoms with E-state index >= 15 is 0 Å². The normalized spacial score (nSPS) is 13.1. The molecule has 0 aliphatic carbocycles. The number of aryl methyl sites for hydroxylation is 2. The monoisotopic (exact) mass is 393 g/mol. The lowest BCUT2D eigenvalue weighted by molar-refractivity contribution is 0.101. The number of anilines is 2. The molecule has 8 heteroatoms. The highest BCUT2D eigenvalue weighted by molar-refractivity contribution is 6.06. The van der Waals surface area contributed by atoms with E-state index in [4.69, 9.17) is 4.52 Å². The lowest BCUT2D eigenvalue weighted by Gasteiger charge is -2.17. The maximum Gasteiger partial charge on any atom is 0.291 e. The van der Waals surface area contributed by atoms with E-state index < -0.39 is 5.91 Å². The molecule has 4 rings (SSSR count). The number of rotatable bonds is 4. The van der Waals surface area contributed by atoms with Gasteiger partial charge in [-0.2, -0.15) is 0 Å². The Labute approximate surface area is 168 Å². The van der Waals surface area contributed by atoms with Crippen molar-refractivity contribution < 1.29 is 14.1 Å². The number of carbonyl (C=O) groups is 2. The smallest absolute Gasteiger partial charge is 0.291 e. The number of nitrogens with one attached hydrogen (secondary N) is 2. The summed E-state index contributed by atoms with van der Waals surface area (Å²) < 4.78 is 6.84. The fourth-order valence-electron chi connectivity index (χ4n) is 3.56. The summed E-state index contributed by atoms with van der Waals surface area (Å²) in [5.74, 6) is 0.460. The van der Waals surface area contributed by atoms with Crippen molar-refractivity contribution in [2.45, 2.75) is 46.6 Å². The summed E-state index contributed by atoms with van der Waals surface area (Å²) in [4.78, 5) is 30.2. The molecular weight excluding hydrogens is 370 g/mol. The van der Waals surface area contributed by atoms with Gasteiger partial charge >= 0.3 is 0 Å². The molecule has 2 N–H and O–H groups in total. The van der Waals surface area contributed by atoms with E-state index in [-0.39, 0.29) is 17.4 Å². The van der Waals surface area contributed by atoms with Crippen molar-refractivity contribution in [3.05, 3.63) is 58.4 Å². The van der Waals surface area contributed by atoms with Gasteiger partial charge in [-0.05, 0) is 57.2 Å². The van der Waals surface area contributed by atoms with Gasteiger partial charge in [0.2, 0.25) is 0 Å². The van der Waals surface area contributed by atoms with Crippen molar-refractivity contribution in [2.75, 3.05) is 10.6 Å². The number of benzene rings is 1. The molecule has 150 valence electrons. The van der Waals surface area contributed by atoms with Crippen LogP contribution in [0.3, 0.4) is 0 Å². The molecule has 8 nitrogen and oxygen atoms in total. The molecule has 1 aromatic carbocycles. The van der Waals surface area contributed by atoms with Crippen molar-refractivity contribution in [1.29, 1.82) is 0 Å². The summed E-state index contributed by atoms with van der Waals surface area (Å²) in [5.41, 5.74) is 3.88. The second kappa shape index (κ2) is 7.54. The summed E-state index contributed by atoms with van der Waals surface area (Å²) in [7, 11) is 0. The summed E-state index contributed by atoms with van der Waals surface area (Å²) in [5, 5.41) is 9.43. The molecule has 3 heterocycles. The van der Waals surface area contributed by atoms with Gasteiger partial charge in [-0.3, -0.25) is 9.59 Å². The van der Waals surface area contributed by atoms with E-state index in [2.05, 4.69) is 20.8 Å². The number of amides is 2. The first-order valence-corrected chi connectivity index (χ1v) is 9.65. The molecular formula is C21H23N5O3. The van der Waals surface area contributed by atoms with Gasteiger partial charge in [0.05, 0.1) is 5.69 Å². The van der Waals surface area contributed by atoms with Gasteiger partial charge in [0.1, 0.15) is 5.76 Å². The molecule has 0 spiro atoms. The van der Waals surface area contributed by atoms with Crippen LogP contribution in [0.5, 0.6) is 0 Å². The topological polar surface area (TPSA) is 102 Å². The van der Waals surface area contributed by atoms with Crippen molar-refractivity contribution in [2.24, 2.45) is 0 Å². The second-order valence-electron chi connectivity index (χ2n) is 7.32. The maximum atomic E-state index is 13.0. The van der Waals surface area contributed by atoms with Gasteiger partial charge in [-0.1, -0.05) is 17.3 Å². The highest BCUT2D eigenvalue weighted by Crippen LogP contribution is 2.24. The van der Waals surface area contributed by atoms with Gasteiger partial charge < -0.3 is 19.7 Å². The molecule has 0 atom stereocenters. The molecule has 1 aliphatic rings. The lowest BCUT2D eigenvalue weighted by atomic mass is 10.1. The minimum Gasteiger partial charge on any atom is -0.360 e. The van der Waals surface area contributed by atoms with E-state index in [1.807, 2.05) is 36.6 Å². The van der Waals surface area contributed by atoms with Gasteiger partial charge in [-0.25, -0.2) is 4.98 Å². The van der Waals surface area contributed by atoms with Crippen LogP contribution < -0.4 is 10.6 Å². The fourth-order valence-corrected chi connectivity index (χ4v) is 3.56. The highest BCUT2D eigenvalue weighted by Gasteiger charge is 2.28. The molecule has 1 aliphatic heterocycles. The minimum absolute atomic E-state index is 0.252. The van der Waals surface area contributed by atoms with E-state index in [9.17, 15) is 9.59 Å². The van der Waals surface area contributed by atoms with Crippen LogP contribution in [-0.2, 0) is 13.0 Å². The van der Waals surface area contributed by atoms with Crippen LogP contribution in [0.1, 0.15) is 56.5 Å². The standard InChI is InChI=1S/C21H23N5O3/c1-12-7-6-8-15(14(12)3)22-21(28)19-24-18(16-9-4-5-10-26(16)19)20(27)23-17-11-13(2)29-25-17/h6-8,11H,4-5,9-10H2,1-3H3,(H,22,28)(H,23,25,27). The van der Waals surface area contributed by atoms with Crippen LogP contribution in [0.4, 0.5) is 11.5 Å².